The Morgan fingerprint density at radius 3 is 2.88 bits per heavy atom. The highest BCUT2D eigenvalue weighted by molar-refractivity contribution is 6.16. The second-order valence-electron chi connectivity index (χ2n) is 3.52. The molecule has 1 aromatic heterocycles. The third-order valence-corrected chi connectivity index (χ3v) is 2.54. The summed E-state index contributed by atoms with van der Waals surface area (Å²) >= 11 is 5.56. The van der Waals surface area contributed by atoms with Crippen molar-refractivity contribution in [3.8, 4) is 0 Å². The lowest BCUT2D eigenvalue weighted by atomic mass is 10.2. The first-order valence-electron chi connectivity index (χ1n) is 5.33. The number of hydrogen-bond donors (Lipinski definition) is 2. The van der Waals surface area contributed by atoms with Gasteiger partial charge in [0.1, 0.15) is 5.56 Å². The van der Waals surface area contributed by atoms with Gasteiger partial charge in [0.15, 0.2) is 5.49 Å². The number of rotatable bonds is 5. The van der Waals surface area contributed by atoms with Gasteiger partial charge in [-0.25, -0.2) is 4.79 Å². The van der Waals surface area contributed by atoms with Gasteiger partial charge in [0.05, 0.1) is 18.2 Å². The van der Waals surface area contributed by atoms with Crippen molar-refractivity contribution in [1.82, 2.24) is 4.73 Å². The van der Waals surface area contributed by atoms with Gasteiger partial charge in [-0.05, 0) is 18.6 Å². The van der Waals surface area contributed by atoms with Crippen molar-refractivity contribution in [2.45, 2.75) is 25.6 Å². The predicted octanol–water partition coefficient (Wildman–Crippen LogP) is 1.90. The highest BCUT2D eigenvalue weighted by atomic mass is 35.5. The molecular weight excluding hydrogens is 244 g/mol. The lowest BCUT2D eigenvalue weighted by Gasteiger charge is -2.08. The van der Waals surface area contributed by atoms with Crippen molar-refractivity contribution in [1.29, 1.82) is 5.41 Å². The predicted molar refractivity (Wildman–Crippen MR) is 62.2 cm³/mol. The van der Waals surface area contributed by atoms with Gasteiger partial charge in [0, 0.05) is 0 Å². The van der Waals surface area contributed by atoms with Crippen molar-refractivity contribution in [3.05, 3.63) is 28.9 Å². The number of aromatic nitrogens is 1. The molecule has 6 heteroatoms. The SMILES string of the molecule is CCCCOC(=O)c1ccc(CCl)n(O)c1=N. The molecule has 0 fully saturated rings. The fraction of sp³-hybridized carbons (Fsp3) is 0.455. The number of nitrogens with zero attached hydrogens (tertiary/aromatic N) is 1. The van der Waals surface area contributed by atoms with Crippen LogP contribution in [-0.2, 0) is 10.6 Å². The van der Waals surface area contributed by atoms with Crippen LogP contribution in [0.1, 0.15) is 35.8 Å². The lowest BCUT2D eigenvalue weighted by molar-refractivity contribution is 0.0489. The van der Waals surface area contributed by atoms with E-state index in [2.05, 4.69) is 0 Å². The molecule has 1 aromatic rings. The van der Waals surface area contributed by atoms with Crippen molar-refractivity contribution in [2.75, 3.05) is 6.61 Å². The van der Waals surface area contributed by atoms with Crippen LogP contribution in [0.2, 0.25) is 0 Å². The molecule has 0 aliphatic carbocycles. The molecule has 0 spiro atoms. The largest absolute Gasteiger partial charge is 0.462 e. The Kier molecular flexibility index (Phi) is 5.03. The van der Waals surface area contributed by atoms with Gasteiger partial charge in [-0.1, -0.05) is 13.3 Å². The highest BCUT2D eigenvalue weighted by Crippen LogP contribution is 2.03. The van der Waals surface area contributed by atoms with Crippen LogP contribution in [0.3, 0.4) is 0 Å². The Morgan fingerprint density at radius 2 is 2.29 bits per heavy atom. The van der Waals surface area contributed by atoms with E-state index < -0.39 is 5.97 Å². The number of pyridine rings is 1. The van der Waals surface area contributed by atoms with Crippen molar-refractivity contribution in [3.63, 3.8) is 0 Å². The fourth-order valence-corrected chi connectivity index (χ4v) is 1.44. The van der Waals surface area contributed by atoms with Crippen molar-refractivity contribution < 1.29 is 14.7 Å². The minimum Gasteiger partial charge on any atom is -0.462 e. The van der Waals surface area contributed by atoms with Crippen LogP contribution in [-0.4, -0.2) is 22.5 Å². The van der Waals surface area contributed by atoms with Gasteiger partial charge in [-0.15, -0.1) is 11.6 Å². The van der Waals surface area contributed by atoms with E-state index >= 15 is 0 Å². The molecule has 5 nitrogen and oxygen atoms in total. The number of carbonyl (C=O) groups excluding carboxylic acids is 1. The first kappa shape index (κ1) is 13.6. The molecule has 0 aliphatic heterocycles. The third kappa shape index (κ3) is 3.23. The number of alkyl halides is 1. The van der Waals surface area contributed by atoms with E-state index in [1.807, 2.05) is 6.92 Å². The summed E-state index contributed by atoms with van der Waals surface area (Å²) in [5, 5.41) is 17.1. The average Bonchev–Trinajstić information content (AvgIpc) is 2.32. The smallest absolute Gasteiger partial charge is 0.342 e. The van der Waals surface area contributed by atoms with Gasteiger partial charge < -0.3 is 9.94 Å². The van der Waals surface area contributed by atoms with Crippen LogP contribution in [0, 0.1) is 5.41 Å². The number of ether oxygens (including phenoxy) is 1. The molecule has 0 radical (unpaired) electrons. The molecule has 1 rings (SSSR count). The number of carbonyl (C=O) groups is 1. The zero-order valence-electron chi connectivity index (χ0n) is 9.57. The van der Waals surface area contributed by atoms with Crippen LogP contribution in [0.5, 0.6) is 0 Å². The van der Waals surface area contributed by atoms with Crippen LogP contribution >= 0.6 is 11.6 Å². The Morgan fingerprint density at radius 1 is 1.59 bits per heavy atom. The Balaban J connectivity index is 2.88. The molecule has 0 atom stereocenters. The van der Waals surface area contributed by atoms with E-state index in [9.17, 15) is 10.0 Å². The molecule has 0 saturated carbocycles. The molecule has 0 unspecified atom stereocenters. The molecule has 0 amide bonds. The zero-order chi connectivity index (χ0) is 12.8. The number of unbranched alkanes of at least 4 members (excludes halogenated alkanes) is 1. The first-order valence-corrected chi connectivity index (χ1v) is 5.87. The molecule has 17 heavy (non-hydrogen) atoms. The molecule has 0 bridgehead atoms. The summed E-state index contributed by atoms with van der Waals surface area (Å²) in [6, 6.07) is 2.92. The Hall–Kier alpha value is -1.49. The van der Waals surface area contributed by atoms with E-state index in [0.29, 0.717) is 17.0 Å². The molecule has 94 valence electrons. The van der Waals surface area contributed by atoms with Crippen molar-refractivity contribution in [2.24, 2.45) is 0 Å². The topological polar surface area (TPSA) is 75.3 Å². The maximum Gasteiger partial charge on any atom is 0.342 e. The molecule has 0 aromatic carbocycles. The number of nitrogens with one attached hydrogen (secondary N) is 1. The summed E-state index contributed by atoms with van der Waals surface area (Å²) in [7, 11) is 0. The summed E-state index contributed by atoms with van der Waals surface area (Å²) in [4.78, 5) is 11.6. The first-order chi connectivity index (χ1) is 8.11. The van der Waals surface area contributed by atoms with Crippen molar-refractivity contribution >= 4 is 17.6 Å². The van der Waals surface area contributed by atoms with Gasteiger partial charge >= 0.3 is 5.97 Å². The molecule has 2 N–H and O–H groups in total. The van der Waals surface area contributed by atoms with E-state index in [1.165, 1.54) is 12.1 Å². The van der Waals surface area contributed by atoms with Gasteiger partial charge in [-0.2, -0.15) is 4.73 Å². The zero-order valence-corrected chi connectivity index (χ0v) is 10.3. The summed E-state index contributed by atoms with van der Waals surface area (Å²) in [6.45, 7) is 2.30. The van der Waals surface area contributed by atoms with Crippen LogP contribution in [0.4, 0.5) is 0 Å². The molecule has 1 heterocycles. The summed E-state index contributed by atoms with van der Waals surface area (Å²) in [5.41, 5.74) is 0.0592. The van der Waals surface area contributed by atoms with Crippen LogP contribution in [0.15, 0.2) is 12.1 Å². The minimum atomic E-state index is -0.604. The van der Waals surface area contributed by atoms with Gasteiger partial charge in [0.2, 0.25) is 0 Å². The van der Waals surface area contributed by atoms with E-state index in [0.717, 1.165) is 12.8 Å². The molecule has 0 aliphatic rings. The summed E-state index contributed by atoms with van der Waals surface area (Å²) in [5.74, 6) is -0.541. The minimum absolute atomic E-state index is 0.0254. The number of halogens is 1. The fourth-order valence-electron chi connectivity index (χ4n) is 1.24. The molecular formula is C11H15ClN2O3. The van der Waals surface area contributed by atoms with Gasteiger partial charge in [-0.3, -0.25) is 5.41 Å². The Labute approximate surface area is 104 Å². The maximum absolute atomic E-state index is 11.6. The van der Waals surface area contributed by atoms with Crippen LogP contribution < -0.4 is 5.49 Å². The average molecular weight is 259 g/mol. The third-order valence-electron chi connectivity index (χ3n) is 2.27. The standard InChI is InChI=1S/C11H15ClN2O3/c1-2-3-6-17-11(15)9-5-4-8(7-12)14(16)10(9)13/h4-5,13,16H,2-3,6-7H2,1H3. The highest BCUT2D eigenvalue weighted by Gasteiger charge is 2.13. The van der Waals surface area contributed by atoms with E-state index in [-0.39, 0.29) is 16.9 Å². The lowest BCUT2D eigenvalue weighted by Crippen LogP contribution is -2.28. The number of esters is 1. The summed E-state index contributed by atoms with van der Waals surface area (Å²) < 4.78 is 5.55. The summed E-state index contributed by atoms with van der Waals surface area (Å²) in [6.07, 6.45) is 1.70. The second-order valence-corrected chi connectivity index (χ2v) is 3.79. The number of hydrogen-bond acceptors (Lipinski definition) is 4. The van der Waals surface area contributed by atoms with Crippen LogP contribution in [0.25, 0.3) is 0 Å². The van der Waals surface area contributed by atoms with E-state index in [4.69, 9.17) is 21.7 Å². The normalized spacial score (nSPS) is 10.2. The molecule has 0 saturated heterocycles. The Bertz CT molecular complexity index is 457. The monoisotopic (exact) mass is 258 g/mol. The quantitative estimate of drug-likeness (QED) is 0.367. The van der Waals surface area contributed by atoms with Gasteiger partial charge in [0.25, 0.3) is 0 Å². The maximum atomic E-state index is 11.6. The van der Waals surface area contributed by atoms with E-state index in [1.54, 1.807) is 0 Å². The second kappa shape index (κ2) is 6.30.